The molecule has 0 atom stereocenters. The van der Waals surface area contributed by atoms with E-state index in [0.29, 0.717) is 15.9 Å². The Kier molecular flexibility index (Phi) is 4.02. The summed E-state index contributed by atoms with van der Waals surface area (Å²) >= 11 is 5.84. The Hall–Kier alpha value is -2.45. The SMILES string of the molecule is C=Cc1cc(F)c(NS(=O)(=O)c2c[nH]c3cc(Cl)ccc23)nc1F. The Morgan fingerprint density at radius 1 is 1.29 bits per heavy atom. The lowest BCUT2D eigenvalue weighted by Crippen LogP contribution is -2.15. The van der Waals surface area contributed by atoms with Gasteiger partial charge in [0.2, 0.25) is 5.95 Å². The monoisotopic (exact) mass is 369 g/mol. The van der Waals surface area contributed by atoms with E-state index in [1.165, 1.54) is 18.3 Å². The highest BCUT2D eigenvalue weighted by Crippen LogP contribution is 2.27. The van der Waals surface area contributed by atoms with Crippen LogP contribution in [0.15, 0.2) is 41.9 Å². The molecule has 124 valence electrons. The number of halogens is 3. The number of hydrogen-bond donors (Lipinski definition) is 2. The van der Waals surface area contributed by atoms with Gasteiger partial charge in [-0.25, -0.2) is 12.8 Å². The molecule has 2 aromatic heterocycles. The highest BCUT2D eigenvalue weighted by molar-refractivity contribution is 7.93. The van der Waals surface area contributed by atoms with Gasteiger partial charge in [-0.3, -0.25) is 4.72 Å². The molecule has 0 spiro atoms. The Morgan fingerprint density at radius 3 is 2.75 bits per heavy atom. The average molecular weight is 370 g/mol. The minimum Gasteiger partial charge on any atom is -0.360 e. The molecule has 0 unspecified atom stereocenters. The van der Waals surface area contributed by atoms with Crippen LogP contribution in [0.1, 0.15) is 5.56 Å². The molecule has 0 bridgehead atoms. The van der Waals surface area contributed by atoms with Crippen LogP contribution in [0.3, 0.4) is 0 Å². The van der Waals surface area contributed by atoms with E-state index in [4.69, 9.17) is 11.6 Å². The number of hydrogen-bond acceptors (Lipinski definition) is 3. The Bertz CT molecular complexity index is 1060. The van der Waals surface area contributed by atoms with Crippen LogP contribution >= 0.6 is 11.6 Å². The molecule has 2 N–H and O–H groups in total. The molecular weight excluding hydrogens is 360 g/mol. The smallest absolute Gasteiger partial charge is 0.265 e. The van der Waals surface area contributed by atoms with Crippen molar-refractivity contribution in [2.45, 2.75) is 4.90 Å². The van der Waals surface area contributed by atoms with Gasteiger partial charge in [-0.15, -0.1) is 0 Å². The molecule has 0 saturated carbocycles. The molecule has 0 radical (unpaired) electrons. The largest absolute Gasteiger partial charge is 0.360 e. The van der Waals surface area contributed by atoms with E-state index in [9.17, 15) is 17.2 Å². The molecule has 0 saturated heterocycles. The summed E-state index contributed by atoms with van der Waals surface area (Å²) < 4.78 is 54.4. The molecule has 2 heterocycles. The van der Waals surface area contributed by atoms with Crippen molar-refractivity contribution in [3.63, 3.8) is 0 Å². The second-order valence-electron chi connectivity index (χ2n) is 4.85. The van der Waals surface area contributed by atoms with Crippen molar-refractivity contribution in [1.82, 2.24) is 9.97 Å². The Labute approximate surface area is 141 Å². The zero-order valence-corrected chi connectivity index (χ0v) is 13.5. The summed E-state index contributed by atoms with van der Waals surface area (Å²) in [6.45, 7) is 3.32. The van der Waals surface area contributed by atoms with Gasteiger partial charge in [0.1, 0.15) is 4.90 Å². The number of fused-ring (bicyclic) bond motifs is 1. The van der Waals surface area contributed by atoms with E-state index in [0.717, 1.165) is 12.1 Å². The van der Waals surface area contributed by atoms with E-state index in [1.54, 1.807) is 6.07 Å². The van der Waals surface area contributed by atoms with E-state index >= 15 is 0 Å². The van der Waals surface area contributed by atoms with Gasteiger partial charge in [0.25, 0.3) is 10.0 Å². The third-order valence-electron chi connectivity index (χ3n) is 3.30. The standard InChI is InChI=1S/C15H10ClF2N3O2S/c1-2-8-5-11(17)15(20-14(8)18)21-24(22,23)13-7-19-12-6-9(16)3-4-10(12)13/h2-7,19H,1H2,(H,20,21). The van der Waals surface area contributed by atoms with Crippen LogP contribution in [0.4, 0.5) is 14.6 Å². The highest BCUT2D eigenvalue weighted by atomic mass is 35.5. The Morgan fingerprint density at radius 2 is 2.04 bits per heavy atom. The zero-order valence-electron chi connectivity index (χ0n) is 12.0. The van der Waals surface area contributed by atoms with Crippen molar-refractivity contribution in [2.24, 2.45) is 0 Å². The van der Waals surface area contributed by atoms with Crippen LogP contribution in [-0.2, 0) is 10.0 Å². The molecule has 3 rings (SSSR count). The minimum atomic E-state index is -4.19. The van der Waals surface area contributed by atoms with Crippen molar-refractivity contribution in [1.29, 1.82) is 0 Å². The molecule has 0 aliphatic heterocycles. The van der Waals surface area contributed by atoms with Crippen molar-refractivity contribution in [3.8, 4) is 0 Å². The van der Waals surface area contributed by atoms with Gasteiger partial charge in [0.15, 0.2) is 11.6 Å². The van der Waals surface area contributed by atoms with Crippen molar-refractivity contribution < 1.29 is 17.2 Å². The fourth-order valence-electron chi connectivity index (χ4n) is 2.17. The number of nitrogens with one attached hydrogen (secondary N) is 2. The molecule has 1 aromatic carbocycles. The maximum Gasteiger partial charge on any atom is 0.265 e. The number of aromatic amines is 1. The third kappa shape index (κ3) is 2.85. The number of pyridine rings is 1. The van der Waals surface area contributed by atoms with Crippen LogP contribution in [0.5, 0.6) is 0 Å². The van der Waals surface area contributed by atoms with Gasteiger partial charge in [-0.1, -0.05) is 24.3 Å². The molecule has 0 aliphatic rings. The quantitative estimate of drug-likeness (QED) is 0.684. The maximum absolute atomic E-state index is 13.9. The summed E-state index contributed by atoms with van der Waals surface area (Å²) in [5.41, 5.74) is 0.321. The van der Waals surface area contributed by atoms with Crippen LogP contribution < -0.4 is 4.72 Å². The van der Waals surface area contributed by atoms with Gasteiger partial charge in [0.05, 0.1) is 0 Å². The number of rotatable bonds is 4. The number of benzene rings is 1. The van der Waals surface area contributed by atoms with Crippen molar-refractivity contribution in [2.75, 3.05) is 4.72 Å². The summed E-state index contributed by atoms with van der Waals surface area (Å²) in [4.78, 5) is 5.92. The molecule has 0 amide bonds. The van der Waals surface area contributed by atoms with Crippen LogP contribution in [0, 0.1) is 11.8 Å². The number of aromatic nitrogens is 2. The van der Waals surface area contributed by atoms with Crippen LogP contribution in [0.2, 0.25) is 5.02 Å². The van der Waals surface area contributed by atoms with Gasteiger partial charge in [-0.05, 0) is 24.3 Å². The molecule has 3 aromatic rings. The molecular formula is C15H10ClF2N3O2S. The number of nitrogens with zero attached hydrogens (tertiary/aromatic N) is 1. The highest BCUT2D eigenvalue weighted by Gasteiger charge is 2.22. The summed E-state index contributed by atoms with van der Waals surface area (Å²) in [6, 6.07) is 5.39. The van der Waals surface area contributed by atoms with E-state index in [1.807, 2.05) is 4.72 Å². The van der Waals surface area contributed by atoms with Crippen molar-refractivity contribution in [3.05, 3.63) is 59.4 Å². The topological polar surface area (TPSA) is 74.8 Å². The first-order valence-corrected chi connectivity index (χ1v) is 8.46. The average Bonchev–Trinajstić information content (AvgIpc) is 2.94. The normalized spacial score (nSPS) is 11.6. The fourth-order valence-corrected chi connectivity index (χ4v) is 3.53. The van der Waals surface area contributed by atoms with Gasteiger partial charge < -0.3 is 4.98 Å². The predicted molar refractivity (Wildman–Crippen MR) is 88.4 cm³/mol. The first-order valence-electron chi connectivity index (χ1n) is 6.60. The zero-order chi connectivity index (χ0) is 17.5. The summed E-state index contributed by atoms with van der Waals surface area (Å²) in [5, 5.41) is 0.784. The van der Waals surface area contributed by atoms with Gasteiger partial charge in [0, 0.05) is 27.7 Å². The first-order chi connectivity index (χ1) is 11.3. The summed E-state index contributed by atoms with van der Waals surface area (Å²) in [6.07, 6.45) is 2.31. The Balaban J connectivity index is 2.05. The third-order valence-corrected chi connectivity index (χ3v) is 4.92. The number of anilines is 1. The summed E-state index contributed by atoms with van der Waals surface area (Å²) in [5.74, 6) is -2.78. The first kappa shape index (κ1) is 16.4. The van der Waals surface area contributed by atoms with Crippen LogP contribution in [0.25, 0.3) is 17.0 Å². The number of H-pyrrole nitrogens is 1. The molecule has 24 heavy (non-hydrogen) atoms. The number of sulfonamides is 1. The van der Waals surface area contributed by atoms with Gasteiger partial charge in [-0.2, -0.15) is 9.37 Å². The molecule has 0 aliphatic carbocycles. The molecule has 5 nitrogen and oxygen atoms in total. The lowest BCUT2D eigenvalue weighted by molar-refractivity contribution is 0.561. The lowest BCUT2D eigenvalue weighted by Gasteiger charge is -2.08. The van der Waals surface area contributed by atoms with E-state index < -0.39 is 27.6 Å². The molecule has 9 heteroatoms. The van der Waals surface area contributed by atoms with Crippen molar-refractivity contribution >= 4 is 44.4 Å². The summed E-state index contributed by atoms with van der Waals surface area (Å²) in [7, 11) is -4.19. The van der Waals surface area contributed by atoms with Crippen LogP contribution in [-0.4, -0.2) is 18.4 Å². The van der Waals surface area contributed by atoms with Gasteiger partial charge >= 0.3 is 0 Å². The lowest BCUT2D eigenvalue weighted by atomic mass is 10.2. The molecule has 0 fully saturated rings. The minimum absolute atomic E-state index is 0.136. The fraction of sp³-hybridized carbons (Fsp3) is 0. The second kappa shape index (κ2) is 5.88. The van der Waals surface area contributed by atoms with E-state index in [2.05, 4.69) is 16.5 Å². The predicted octanol–water partition coefficient (Wildman–Crippen LogP) is 3.94. The maximum atomic E-state index is 13.9. The second-order valence-corrected chi connectivity index (χ2v) is 6.94. The van der Waals surface area contributed by atoms with E-state index in [-0.39, 0.29) is 10.5 Å².